The zero-order chi connectivity index (χ0) is 16.8. The number of rotatable bonds is 3. The van der Waals surface area contributed by atoms with Gasteiger partial charge in [-0.05, 0) is 23.3 Å². The third-order valence-corrected chi connectivity index (χ3v) is 3.45. The fourth-order valence-corrected chi connectivity index (χ4v) is 2.25. The van der Waals surface area contributed by atoms with Crippen molar-refractivity contribution in [3.05, 3.63) is 109 Å². The van der Waals surface area contributed by atoms with E-state index in [1.807, 2.05) is 66.7 Å². The van der Waals surface area contributed by atoms with E-state index < -0.39 is 0 Å². The van der Waals surface area contributed by atoms with Crippen molar-refractivity contribution >= 4 is 18.2 Å². The summed E-state index contributed by atoms with van der Waals surface area (Å²) in [5.74, 6) is 0. The predicted molar refractivity (Wildman–Crippen MR) is 96.9 cm³/mol. The summed E-state index contributed by atoms with van der Waals surface area (Å²) in [5.41, 5.74) is 1.19. The van der Waals surface area contributed by atoms with Gasteiger partial charge in [-0.2, -0.15) is 0 Å². The maximum absolute atomic E-state index is 12.1. The molecule has 4 nitrogen and oxygen atoms in total. The third kappa shape index (κ3) is 3.87. The smallest absolute Gasteiger partial charge is 0.272 e. The van der Waals surface area contributed by atoms with Crippen LogP contribution in [0.15, 0.2) is 76.3 Å². The second-order valence-electron chi connectivity index (χ2n) is 5.23. The highest BCUT2D eigenvalue weighted by Gasteiger charge is 1.95. The Kier molecular flexibility index (Phi) is 4.68. The summed E-state index contributed by atoms with van der Waals surface area (Å²) in [7, 11) is 0. The van der Waals surface area contributed by atoms with E-state index in [1.54, 1.807) is 18.2 Å². The molecule has 0 saturated carbocycles. The first kappa shape index (κ1) is 15.5. The molecule has 4 heteroatoms. The van der Waals surface area contributed by atoms with Crippen molar-refractivity contribution in [3.8, 4) is 0 Å². The molecule has 0 saturated heterocycles. The van der Waals surface area contributed by atoms with Crippen LogP contribution < -0.4 is 21.8 Å². The lowest BCUT2D eigenvalue weighted by molar-refractivity contribution is 1.00. The second kappa shape index (κ2) is 7.24. The van der Waals surface area contributed by atoms with E-state index in [0.29, 0.717) is 0 Å². The highest BCUT2D eigenvalue weighted by Crippen LogP contribution is 2.00. The van der Waals surface area contributed by atoms with E-state index in [9.17, 15) is 9.59 Å². The van der Waals surface area contributed by atoms with Gasteiger partial charge in [0.1, 0.15) is 10.7 Å². The maximum Gasteiger partial charge on any atom is 0.272 e. The van der Waals surface area contributed by atoms with Gasteiger partial charge < -0.3 is 9.97 Å². The zero-order valence-electron chi connectivity index (χ0n) is 12.9. The molecule has 0 aliphatic rings. The second-order valence-corrected chi connectivity index (χ2v) is 5.23. The lowest BCUT2D eigenvalue weighted by Gasteiger charge is -1.92. The number of H-pyrrole nitrogens is 2. The van der Waals surface area contributed by atoms with Gasteiger partial charge in [0, 0.05) is 0 Å². The molecule has 0 atom stereocenters. The topological polar surface area (TPSA) is 65.7 Å². The van der Waals surface area contributed by atoms with Gasteiger partial charge in [-0.3, -0.25) is 9.59 Å². The molecular weight excluding hydrogens is 300 g/mol. The normalized spacial score (nSPS) is 12.8. The molecule has 0 aliphatic carbocycles. The Labute approximate surface area is 138 Å². The van der Waals surface area contributed by atoms with Crippen molar-refractivity contribution in [2.24, 2.45) is 0 Å². The van der Waals surface area contributed by atoms with Gasteiger partial charge in [0.05, 0.1) is 0 Å². The van der Waals surface area contributed by atoms with Crippen LogP contribution in [0.3, 0.4) is 0 Å². The quantitative estimate of drug-likeness (QED) is 0.767. The average Bonchev–Trinajstić information content (AvgIpc) is 2.61. The lowest BCUT2D eigenvalue weighted by Crippen LogP contribution is -2.46. The summed E-state index contributed by atoms with van der Waals surface area (Å²) in [6.07, 6.45) is 6.82. The van der Waals surface area contributed by atoms with Gasteiger partial charge in [-0.15, -0.1) is 0 Å². The number of benzene rings is 2. The Hall–Kier alpha value is -3.40. The Bertz CT molecular complexity index is 1080. The summed E-state index contributed by atoms with van der Waals surface area (Å²) in [5, 5.41) is 0.452. The number of nitrogens with one attached hydrogen (secondary N) is 2. The van der Waals surface area contributed by atoms with E-state index in [-0.39, 0.29) is 21.8 Å². The molecular formula is C20H16N2O2. The van der Waals surface area contributed by atoms with Gasteiger partial charge in [0.15, 0.2) is 0 Å². The van der Waals surface area contributed by atoms with Crippen molar-refractivity contribution in [2.75, 3.05) is 0 Å². The van der Waals surface area contributed by atoms with E-state index >= 15 is 0 Å². The Morgan fingerprint density at radius 1 is 0.667 bits per heavy atom. The summed E-state index contributed by atoms with van der Waals surface area (Å²) in [6, 6.07) is 19.1. The van der Waals surface area contributed by atoms with E-state index in [4.69, 9.17) is 0 Å². The molecule has 0 amide bonds. The molecule has 1 aromatic heterocycles. The van der Waals surface area contributed by atoms with Gasteiger partial charge >= 0.3 is 0 Å². The van der Waals surface area contributed by atoms with Crippen LogP contribution in [-0.4, -0.2) is 9.97 Å². The average molecular weight is 316 g/mol. The predicted octanol–water partition coefficient (Wildman–Crippen LogP) is 1.39. The van der Waals surface area contributed by atoms with Crippen molar-refractivity contribution < 1.29 is 0 Å². The summed E-state index contributed by atoms with van der Waals surface area (Å²) in [4.78, 5) is 29.5. The number of hydrogen-bond acceptors (Lipinski definition) is 2. The molecule has 3 aromatic rings. The van der Waals surface area contributed by atoms with E-state index in [1.165, 1.54) is 0 Å². The first-order valence-electron chi connectivity index (χ1n) is 7.55. The van der Waals surface area contributed by atoms with Gasteiger partial charge in [0.2, 0.25) is 0 Å². The van der Waals surface area contributed by atoms with Gasteiger partial charge in [-0.25, -0.2) is 0 Å². The first-order valence-corrected chi connectivity index (χ1v) is 7.55. The first-order chi connectivity index (χ1) is 11.7. The minimum absolute atomic E-state index is 0.220. The summed E-state index contributed by atoms with van der Waals surface area (Å²) in [6.45, 7) is 0. The molecule has 0 fully saturated rings. The monoisotopic (exact) mass is 316 g/mol. The standard InChI is InChI=1S/C20H16N2O2/c23-19-17(13-7-12-15-8-3-1-4-9-15)21-20(24)18(22-19)14-16-10-5-2-6-11-16/h1-14H,(H,21,24)(H,22,23)/b12-7+,17-13+,18-14+. The number of aromatic nitrogens is 2. The van der Waals surface area contributed by atoms with Crippen LogP contribution in [0.4, 0.5) is 0 Å². The van der Waals surface area contributed by atoms with Crippen LogP contribution >= 0.6 is 0 Å². The molecule has 2 N–H and O–H groups in total. The summed E-state index contributed by atoms with van der Waals surface area (Å²) >= 11 is 0. The highest BCUT2D eigenvalue weighted by molar-refractivity contribution is 5.56. The van der Waals surface area contributed by atoms with E-state index in [0.717, 1.165) is 11.1 Å². The van der Waals surface area contributed by atoms with Crippen LogP contribution in [0.2, 0.25) is 0 Å². The van der Waals surface area contributed by atoms with Crippen LogP contribution in [0, 0.1) is 0 Å². The van der Waals surface area contributed by atoms with Crippen molar-refractivity contribution in [1.82, 2.24) is 9.97 Å². The third-order valence-electron chi connectivity index (χ3n) is 3.45. The van der Waals surface area contributed by atoms with Crippen LogP contribution in [0.1, 0.15) is 11.1 Å². The Morgan fingerprint density at radius 2 is 1.21 bits per heavy atom. The van der Waals surface area contributed by atoms with E-state index in [2.05, 4.69) is 9.97 Å². The molecule has 0 unspecified atom stereocenters. The number of hydrogen-bond donors (Lipinski definition) is 2. The fraction of sp³-hybridized carbons (Fsp3) is 0. The Balaban J connectivity index is 1.98. The zero-order valence-corrected chi connectivity index (χ0v) is 12.9. The van der Waals surface area contributed by atoms with Crippen LogP contribution in [-0.2, 0) is 0 Å². The molecule has 3 rings (SSSR count). The van der Waals surface area contributed by atoms with Crippen molar-refractivity contribution in [3.63, 3.8) is 0 Å². The minimum Gasteiger partial charge on any atom is -0.316 e. The molecule has 2 aromatic carbocycles. The van der Waals surface area contributed by atoms with Crippen LogP contribution in [0.5, 0.6) is 0 Å². The fourth-order valence-electron chi connectivity index (χ4n) is 2.25. The molecule has 0 radical (unpaired) electrons. The number of aromatic amines is 2. The summed E-state index contributed by atoms with van der Waals surface area (Å²) < 4.78 is 0. The molecule has 0 spiro atoms. The molecule has 0 bridgehead atoms. The molecule has 118 valence electrons. The number of allylic oxidation sites excluding steroid dienone is 1. The van der Waals surface area contributed by atoms with Crippen LogP contribution in [0.25, 0.3) is 18.2 Å². The largest absolute Gasteiger partial charge is 0.316 e. The Morgan fingerprint density at radius 3 is 1.88 bits per heavy atom. The minimum atomic E-state index is -0.338. The molecule has 1 heterocycles. The highest BCUT2D eigenvalue weighted by atomic mass is 16.1. The van der Waals surface area contributed by atoms with Gasteiger partial charge in [-0.1, -0.05) is 72.8 Å². The molecule has 24 heavy (non-hydrogen) atoms. The SMILES string of the molecule is O=c1[nH]/c(=C/c2ccccc2)c(=O)[nH]/c1=C/C=C/c1ccccc1. The van der Waals surface area contributed by atoms with Crippen molar-refractivity contribution in [2.45, 2.75) is 0 Å². The lowest BCUT2D eigenvalue weighted by atomic mass is 10.2. The maximum atomic E-state index is 12.1. The molecule has 0 aliphatic heterocycles. The van der Waals surface area contributed by atoms with Crippen molar-refractivity contribution in [1.29, 1.82) is 0 Å². The van der Waals surface area contributed by atoms with Gasteiger partial charge in [0.25, 0.3) is 11.1 Å².